The van der Waals surface area contributed by atoms with Crippen LogP contribution in [0.2, 0.25) is 0 Å². The Kier molecular flexibility index (Phi) is 10.2. The molecule has 2 aromatic rings. The molecule has 0 unspecified atom stereocenters. The predicted molar refractivity (Wildman–Crippen MR) is 138 cm³/mol. The van der Waals surface area contributed by atoms with Crippen LogP contribution in [0.15, 0.2) is 47.8 Å². The number of methoxy groups -OCH3 is 2. The Morgan fingerprint density at radius 3 is 2.57 bits per heavy atom. The van der Waals surface area contributed by atoms with Crippen molar-refractivity contribution in [2.75, 3.05) is 40.5 Å². The number of benzene rings is 2. The van der Waals surface area contributed by atoms with Crippen LogP contribution in [-0.4, -0.2) is 57.5 Å². The van der Waals surface area contributed by atoms with E-state index < -0.39 is 5.97 Å². The Labute approximate surface area is 208 Å². The number of hydrogen-bond donors (Lipinski definition) is 0. The van der Waals surface area contributed by atoms with Crippen LogP contribution in [0.4, 0.5) is 0 Å². The average molecular weight is 481 g/mol. The van der Waals surface area contributed by atoms with Gasteiger partial charge < -0.3 is 19.0 Å². The maximum Gasteiger partial charge on any atom is 0.341 e. The summed E-state index contributed by atoms with van der Waals surface area (Å²) in [6.45, 7) is 8.14. The van der Waals surface area contributed by atoms with Crippen molar-refractivity contribution in [3.63, 3.8) is 0 Å². The second kappa shape index (κ2) is 13.5. The maximum absolute atomic E-state index is 12.2. The first-order valence-corrected chi connectivity index (χ1v) is 12.0. The van der Waals surface area contributed by atoms with Crippen LogP contribution in [0.3, 0.4) is 0 Å². The summed E-state index contributed by atoms with van der Waals surface area (Å²) in [4.78, 5) is 20.2. The number of rotatable bonds is 11. The molecular weight excluding hydrogens is 444 g/mol. The van der Waals surface area contributed by atoms with Gasteiger partial charge in [-0.15, -0.1) is 0 Å². The molecule has 1 aliphatic rings. The van der Waals surface area contributed by atoms with Crippen LogP contribution in [0.1, 0.15) is 47.1 Å². The van der Waals surface area contributed by atoms with Gasteiger partial charge in [0.05, 0.1) is 26.7 Å². The molecule has 1 aliphatic heterocycles. The van der Waals surface area contributed by atoms with Gasteiger partial charge >= 0.3 is 5.97 Å². The fraction of sp³-hybridized carbons (Fsp3) is 0.429. The number of oxime groups is 1. The lowest BCUT2D eigenvalue weighted by Crippen LogP contribution is -2.32. The Balaban J connectivity index is 1.62. The van der Waals surface area contributed by atoms with E-state index >= 15 is 0 Å². The molecule has 7 nitrogen and oxygen atoms in total. The molecule has 0 N–H and O–H groups in total. The van der Waals surface area contributed by atoms with Crippen molar-refractivity contribution in [3.05, 3.63) is 70.5 Å². The van der Waals surface area contributed by atoms with E-state index in [1.807, 2.05) is 50.2 Å². The van der Waals surface area contributed by atoms with Crippen molar-refractivity contribution >= 4 is 17.8 Å². The van der Waals surface area contributed by atoms with Gasteiger partial charge in [0.15, 0.2) is 0 Å². The summed E-state index contributed by atoms with van der Waals surface area (Å²) in [6.07, 6.45) is 7.04. The summed E-state index contributed by atoms with van der Waals surface area (Å²) >= 11 is 0. The van der Waals surface area contributed by atoms with Gasteiger partial charge in [-0.25, -0.2) is 4.79 Å². The summed E-state index contributed by atoms with van der Waals surface area (Å²) in [5.74, 6) is 0.309. The van der Waals surface area contributed by atoms with Crippen LogP contribution >= 0.6 is 0 Å². The molecule has 0 bridgehead atoms. The third kappa shape index (κ3) is 7.59. The minimum absolute atomic E-state index is 0.293. The van der Waals surface area contributed by atoms with Crippen molar-refractivity contribution in [2.24, 2.45) is 5.16 Å². The number of carbonyl (C=O) groups excluding carboxylic acids is 1. The molecule has 0 saturated carbocycles. The zero-order valence-corrected chi connectivity index (χ0v) is 21.2. The zero-order chi connectivity index (χ0) is 25.0. The van der Waals surface area contributed by atoms with E-state index in [-0.39, 0.29) is 0 Å². The fourth-order valence-electron chi connectivity index (χ4n) is 4.12. The number of carbonyl (C=O) groups is 1. The summed E-state index contributed by atoms with van der Waals surface area (Å²) in [7, 11) is 2.85. The lowest BCUT2D eigenvalue weighted by molar-refractivity contribution is -0.133. The molecule has 1 saturated heterocycles. The van der Waals surface area contributed by atoms with Crippen molar-refractivity contribution in [3.8, 4) is 5.75 Å². The van der Waals surface area contributed by atoms with Crippen LogP contribution in [0.25, 0.3) is 5.57 Å². The number of likely N-dealkylation sites (tertiary alicyclic amines) is 1. The standard InChI is InChI=1S/C28H36N2O5/c1-21-17-27(22(2)16-24(21)18-29-35-15-14-30-12-8-5-9-13-30)34-19-23-10-6-7-11-25(23)26(20-32-3)28(31)33-4/h6-7,10-11,16-18,20H,5,8-9,12-15,19H2,1-4H3/b26-20-,29-18+. The summed E-state index contributed by atoms with van der Waals surface area (Å²) in [5, 5.41) is 4.17. The summed E-state index contributed by atoms with van der Waals surface area (Å²) in [5.41, 5.74) is 4.92. The minimum Gasteiger partial charge on any atom is -0.503 e. The van der Waals surface area contributed by atoms with E-state index in [4.69, 9.17) is 19.0 Å². The Morgan fingerprint density at radius 1 is 1.06 bits per heavy atom. The molecule has 7 heteroatoms. The first-order valence-electron chi connectivity index (χ1n) is 12.0. The van der Waals surface area contributed by atoms with Gasteiger partial charge in [-0.05, 0) is 79.7 Å². The SMILES string of the molecule is CO/C=C(\C(=O)OC)c1ccccc1COc1cc(C)c(/C=N/OCCN2CCCCC2)cc1C. The molecular formula is C28H36N2O5. The Hall–Kier alpha value is -3.32. The summed E-state index contributed by atoms with van der Waals surface area (Å²) in [6, 6.07) is 11.6. The highest BCUT2D eigenvalue weighted by Gasteiger charge is 2.17. The quantitative estimate of drug-likeness (QED) is 0.114. The first kappa shape index (κ1) is 26.3. The third-order valence-electron chi connectivity index (χ3n) is 6.11. The van der Waals surface area contributed by atoms with Gasteiger partial charge in [-0.1, -0.05) is 35.8 Å². The van der Waals surface area contributed by atoms with E-state index in [1.165, 1.54) is 39.7 Å². The van der Waals surface area contributed by atoms with Crippen LogP contribution in [0, 0.1) is 13.8 Å². The number of ether oxygens (including phenoxy) is 3. The largest absolute Gasteiger partial charge is 0.503 e. The molecule has 0 aromatic heterocycles. The van der Waals surface area contributed by atoms with E-state index in [2.05, 4.69) is 10.1 Å². The van der Waals surface area contributed by atoms with Gasteiger partial charge in [0, 0.05) is 6.54 Å². The van der Waals surface area contributed by atoms with Gasteiger partial charge in [-0.3, -0.25) is 4.90 Å². The molecule has 0 atom stereocenters. The number of nitrogens with zero attached hydrogens (tertiary/aromatic N) is 2. The molecule has 1 heterocycles. The number of hydrogen-bond acceptors (Lipinski definition) is 7. The second-order valence-electron chi connectivity index (χ2n) is 8.65. The van der Waals surface area contributed by atoms with Gasteiger partial charge in [0.25, 0.3) is 0 Å². The monoisotopic (exact) mass is 480 g/mol. The molecule has 0 amide bonds. The van der Waals surface area contributed by atoms with Crippen molar-refractivity contribution in [2.45, 2.75) is 39.7 Å². The topological polar surface area (TPSA) is 69.6 Å². The van der Waals surface area contributed by atoms with Gasteiger partial charge in [-0.2, -0.15) is 0 Å². The number of piperidine rings is 1. The van der Waals surface area contributed by atoms with Crippen molar-refractivity contribution in [1.82, 2.24) is 4.90 Å². The first-order chi connectivity index (χ1) is 17.0. The maximum atomic E-state index is 12.2. The smallest absolute Gasteiger partial charge is 0.341 e. The minimum atomic E-state index is -0.465. The molecule has 3 rings (SSSR count). The Bertz CT molecular complexity index is 1040. The van der Waals surface area contributed by atoms with Crippen LogP contribution in [0.5, 0.6) is 5.75 Å². The zero-order valence-electron chi connectivity index (χ0n) is 21.2. The van der Waals surface area contributed by atoms with E-state index in [0.717, 1.165) is 47.6 Å². The Morgan fingerprint density at radius 2 is 1.83 bits per heavy atom. The molecule has 2 aromatic carbocycles. The normalized spacial score (nSPS) is 14.7. The van der Waals surface area contributed by atoms with Crippen LogP contribution < -0.4 is 4.74 Å². The average Bonchev–Trinajstić information content (AvgIpc) is 2.88. The number of aryl methyl sites for hydroxylation is 2. The second-order valence-corrected chi connectivity index (χ2v) is 8.65. The molecule has 1 fully saturated rings. The molecule has 0 aliphatic carbocycles. The highest BCUT2D eigenvalue weighted by atomic mass is 16.6. The van der Waals surface area contributed by atoms with E-state index in [9.17, 15) is 4.79 Å². The fourth-order valence-corrected chi connectivity index (χ4v) is 4.12. The molecule has 35 heavy (non-hydrogen) atoms. The van der Waals surface area contributed by atoms with E-state index in [1.54, 1.807) is 6.21 Å². The highest BCUT2D eigenvalue weighted by Crippen LogP contribution is 2.26. The summed E-state index contributed by atoms with van der Waals surface area (Å²) < 4.78 is 16.2. The van der Waals surface area contributed by atoms with Crippen LogP contribution in [-0.2, 0) is 25.7 Å². The highest BCUT2D eigenvalue weighted by molar-refractivity contribution is 6.16. The lowest BCUT2D eigenvalue weighted by atomic mass is 10.0. The molecule has 0 radical (unpaired) electrons. The third-order valence-corrected chi connectivity index (χ3v) is 6.11. The lowest BCUT2D eigenvalue weighted by Gasteiger charge is -2.25. The van der Waals surface area contributed by atoms with Gasteiger partial charge in [0.2, 0.25) is 0 Å². The van der Waals surface area contributed by atoms with Crippen molar-refractivity contribution < 1.29 is 23.8 Å². The van der Waals surface area contributed by atoms with Gasteiger partial charge in [0.1, 0.15) is 24.5 Å². The van der Waals surface area contributed by atoms with Crippen molar-refractivity contribution in [1.29, 1.82) is 0 Å². The molecule has 188 valence electrons. The van der Waals surface area contributed by atoms with E-state index in [0.29, 0.717) is 24.4 Å². The predicted octanol–water partition coefficient (Wildman–Crippen LogP) is 4.88. The molecule has 0 spiro atoms. The number of esters is 1.